The molecule has 1 saturated heterocycles. The molecule has 0 bridgehead atoms. The van der Waals surface area contributed by atoms with Gasteiger partial charge in [-0.25, -0.2) is 0 Å². The normalized spacial score (nSPS) is 22.9. The second-order valence-electron chi connectivity index (χ2n) is 3.87. The summed E-state index contributed by atoms with van der Waals surface area (Å²) in [6.07, 6.45) is 1.03. The van der Waals surface area contributed by atoms with Crippen molar-refractivity contribution in [1.29, 1.82) is 0 Å². The lowest BCUT2D eigenvalue weighted by molar-refractivity contribution is 0.180. The van der Waals surface area contributed by atoms with Crippen LogP contribution in [0.4, 0.5) is 0 Å². The average Bonchev–Trinajstić information content (AvgIpc) is 2.80. The number of ether oxygens (including phenoxy) is 1. The van der Waals surface area contributed by atoms with E-state index in [0.29, 0.717) is 6.04 Å². The van der Waals surface area contributed by atoms with Crippen LogP contribution in [0, 0.1) is 0 Å². The van der Waals surface area contributed by atoms with E-state index >= 15 is 0 Å². The Labute approximate surface area is 90.1 Å². The van der Waals surface area contributed by atoms with Gasteiger partial charge in [0, 0.05) is 12.6 Å². The van der Waals surface area contributed by atoms with E-state index in [4.69, 9.17) is 4.74 Å². The fraction of sp³-hybridized carbons (Fsp3) is 0.500. The first-order valence-electron chi connectivity index (χ1n) is 5.40. The molecular weight excluding hydrogens is 190 g/mol. The highest BCUT2D eigenvalue weighted by Gasteiger charge is 2.19. The molecule has 0 aliphatic carbocycles. The standard InChI is InChI=1S/C12H17NO2/c14-8-12(10-4-2-1-3-5-10)13-11-6-7-15-9-11/h1-5,11-14H,6-9H2. The smallest absolute Gasteiger partial charge is 0.0626 e. The highest BCUT2D eigenvalue weighted by molar-refractivity contribution is 5.19. The zero-order chi connectivity index (χ0) is 10.5. The molecule has 2 atom stereocenters. The zero-order valence-electron chi connectivity index (χ0n) is 8.73. The van der Waals surface area contributed by atoms with Gasteiger partial charge in [0.15, 0.2) is 0 Å². The Balaban J connectivity index is 1.97. The van der Waals surface area contributed by atoms with Gasteiger partial charge in [0.1, 0.15) is 0 Å². The van der Waals surface area contributed by atoms with Crippen molar-refractivity contribution in [3.05, 3.63) is 35.9 Å². The fourth-order valence-corrected chi connectivity index (χ4v) is 1.89. The van der Waals surface area contributed by atoms with E-state index in [-0.39, 0.29) is 12.6 Å². The summed E-state index contributed by atoms with van der Waals surface area (Å²) >= 11 is 0. The molecule has 1 heterocycles. The van der Waals surface area contributed by atoms with Crippen LogP contribution in [0.25, 0.3) is 0 Å². The van der Waals surface area contributed by atoms with E-state index in [0.717, 1.165) is 25.2 Å². The van der Waals surface area contributed by atoms with Crippen LogP contribution < -0.4 is 5.32 Å². The first-order chi connectivity index (χ1) is 7.40. The van der Waals surface area contributed by atoms with E-state index in [2.05, 4.69) is 5.32 Å². The van der Waals surface area contributed by atoms with Crippen LogP contribution in [-0.4, -0.2) is 31.0 Å². The Hall–Kier alpha value is -0.900. The van der Waals surface area contributed by atoms with Crippen molar-refractivity contribution in [2.45, 2.75) is 18.5 Å². The van der Waals surface area contributed by atoms with Gasteiger partial charge in [-0.15, -0.1) is 0 Å². The van der Waals surface area contributed by atoms with Gasteiger partial charge >= 0.3 is 0 Å². The predicted molar refractivity (Wildman–Crippen MR) is 58.6 cm³/mol. The Kier molecular flexibility index (Phi) is 3.72. The Morgan fingerprint density at radius 1 is 1.40 bits per heavy atom. The molecule has 1 fully saturated rings. The number of hydrogen-bond donors (Lipinski definition) is 2. The summed E-state index contributed by atoms with van der Waals surface area (Å²) in [5.74, 6) is 0. The van der Waals surface area contributed by atoms with E-state index in [1.54, 1.807) is 0 Å². The third-order valence-corrected chi connectivity index (χ3v) is 2.75. The number of benzene rings is 1. The summed E-state index contributed by atoms with van der Waals surface area (Å²) in [4.78, 5) is 0. The van der Waals surface area contributed by atoms with Crippen molar-refractivity contribution in [3.8, 4) is 0 Å². The molecule has 2 rings (SSSR count). The second kappa shape index (κ2) is 5.26. The molecule has 3 heteroatoms. The van der Waals surface area contributed by atoms with Crippen LogP contribution in [-0.2, 0) is 4.74 Å². The second-order valence-corrected chi connectivity index (χ2v) is 3.87. The molecule has 0 spiro atoms. The fourth-order valence-electron chi connectivity index (χ4n) is 1.89. The van der Waals surface area contributed by atoms with E-state index < -0.39 is 0 Å². The van der Waals surface area contributed by atoms with Gasteiger partial charge in [-0.3, -0.25) is 0 Å². The summed E-state index contributed by atoms with van der Waals surface area (Å²) in [6, 6.07) is 10.4. The van der Waals surface area contributed by atoms with Crippen LogP contribution in [0.2, 0.25) is 0 Å². The van der Waals surface area contributed by atoms with Crippen LogP contribution in [0.15, 0.2) is 30.3 Å². The van der Waals surface area contributed by atoms with Crippen LogP contribution in [0.5, 0.6) is 0 Å². The quantitative estimate of drug-likeness (QED) is 0.776. The molecule has 1 aliphatic rings. The molecule has 1 aromatic carbocycles. The van der Waals surface area contributed by atoms with Gasteiger partial charge in [-0.2, -0.15) is 0 Å². The Bertz CT molecular complexity index is 283. The van der Waals surface area contributed by atoms with E-state index in [9.17, 15) is 5.11 Å². The first kappa shape index (κ1) is 10.6. The maximum Gasteiger partial charge on any atom is 0.0626 e. The van der Waals surface area contributed by atoms with Crippen molar-refractivity contribution in [2.24, 2.45) is 0 Å². The highest BCUT2D eigenvalue weighted by atomic mass is 16.5. The van der Waals surface area contributed by atoms with Crippen molar-refractivity contribution < 1.29 is 9.84 Å². The molecule has 0 amide bonds. The van der Waals surface area contributed by atoms with Gasteiger partial charge in [0.2, 0.25) is 0 Å². The molecule has 2 unspecified atom stereocenters. The van der Waals surface area contributed by atoms with Crippen LogP contribution in [0.3, 0.4) is 0 Å². The number of aliphatic hydroxyl groups excluding tert-OH is 1. The van der Waals surface area contributed by atoms with Crippen LogP contribution in [0.1, 0.15) is 18.0 Å². The summed E-state index contributed by atoms with van der Waals surface area (Å²) in [5, 5.41) is 12.7. The maximum atomic E-state index is 9.34. The highest BCUT2D eigenvalue weighted by Crippen LogP contribution is 2.15. The molecule has 15 heavy (non-hydrogen) atoms. The summed E-state index contributed by atoms with van der Waals surface area (Å²) in [5.41, 5.74) is 1.13. The Morgan fingerprint density at radius 3 is 2.80 bits per heavy atom. The lowest BCUT2D eigenvalue weighted by Gasteiger charge is -2.20. The van der Waals surface area contributed by atoms with Crippen molar-refractivity contribution >= 4 is 0 Å². The first-order valence-corrected chi connectivity index (χ1v) is 5.40. The third-order valence-electron chi connectivity index (χ3n) is 2.75. The van der Waals surface area contributed by atoms with E-state index in [1.165, 1.54) is 0 Å². The molecule has 1 aliphatic heterocycles. The molecule has 2 N–H and O–H groups in total. The minimum atomic E-state index is 0.0258. The number of rotatable bonds is 4. The van der Waals surface area contributed by atoms with E-state index in [1.807, 2.05) is 30.3 Å². The summed E-state index contributed by atoms with van der Waals surface area (Å²) in [7, 11) is 0. The number of aliphatic hydroxyl groups is 1. The number of hydrogen-bond acceptors (Lipinski definition) is 3. The molecule has 3 nitrogen and oxygen atoms in total. The Morgan fingerprint density at radius 2 is 2.20 bits per heavy atom. The van der Waals surface area contributed by atoms with Gasteiger partial charge in [-0.1, -0.05) is 30.3 Å². The molecule has 0 radical (unpaired) electrons. The van der Waals surface area contributed by atoms with Gasteiger partial charge in [0.05, 0.1) is 19.3 Å². The molecular formula is C12H17NO2. The predicted octanol–water partition coefficient (Wildman–Crippen LogP) is 1.10. The monoisotopic (exact) mass is 207 g/mol. The minimum absolute atomic E-state index is 0.0258. The molecule has 1 aromatic rings. The molecule has 82 valence electrons. The van der Waals surface area contributed by atoms with Gasteiger partial charge < -0.3 is 15.2 Å². The lowest BCUT2D eigenvalue weighted by atomic mass is 10.1. The van der Waals surface area contributed by atoms with Gasteiger partial charge in [0.25, 0.3) is 0 Å². The maximum absolute atomic E-state index is 9.34. The SMILES string of the molecule is OCC(NC1CCOC1)c1ccccc1. The average molecular weight is 207 g/mol. The summed E-state index contributed by atoms with van der Waals surface area (Å²) in [6.45, 7) is 1.70. The number of nitrogens with one attached hydrogen (secondary N) is 1. The van der Waals surface area contributed by atoms with Crippen LogP contribution >= 0.6 is 0 Å². The van der Waals surface area contributed by atoms with Crippen molar-refractivity contribution in [1.82, 2.24) is 5.32 Å². The molecule has 0 aromatic heterocycles. The largest absolute Gasteiger partial charge is 0.394 e. The van der Waals surface area contributed by atoms with Crippen molar-refractivity contribution in [3.63, 3.8) is 0 Å². The topological polar surface area (TPSA) is 41.5 Å². The van der Waals surface area contributed by atoms with Gasteiger partial charge in [-0.05, 0) is 12.0 Å². The third kappa shape index (κ3) is 2.78. The minimum Gasteiger partial charge on any atom is -0.394 e. The zero-order valence-corrected chi connectivity index (χ0v) is 8.73. The van der Waals surface area contributed by atoms with Crippen molar-refractivity contribution in [2.75, 3.05) is 19.8 Å². The summed E-state index contributed by atoms with van der Waals surface area (Å²) < 4.78 is 5.29. The molecule has 0 saturated carbocycles. The lowest BCUT2D eigenvalue weighted by Crippen LogP contribution is -2.34.